The molecule has 19 heteroatoms. The number of allylic oxidation sites excluding steroid dienone is 3. The SMILES string of the molecule is CCCCCCCCCC/C=C\CCCCCCCCCCCCCCCCCCCCCCCC(=O)NC(COC1OC(CO)C(OC2OC(CO)C(OC3OC(CO)C(O)C(O)C3O)C(O)C2O)C(O)C1O)C(O)/C=C/CCCCCCCCCCCCCCCCCCCCCCCCCCCCCCC. The lowest BCUT2D eigenvalue weighted by Crippen LogP contribution is -2.66. The number of ether oxygens (including phenoxy) is 6. The number of amides is 1. The molecule has 0 aromatic rings. The van der Waals surface area contributed by atoms with Crippen LogP contribution in [-0.4, -0.2) is 193 Å². The maximum Gasteiger partial charge on any atom is 0.220 e. The summed E-state index contributed by atoms with van der Waals surface area (Å²) in [6.45, 7) is 1.81. The minimum atomic E-state index is -1.98. The molecule has 1 amide bonds. The molecule has 19 nitrogen and oxygen atoms in total. The van der Waals surface area contributed by atoms with Gasteiger partial charge >= 0.3 is 0 Å². The van der Waals surface area contributed by atoms with Crippen molar-refractivity contribution in [3.63, 3.8) is 0 Å². The second-order valence-corrected chi connectivity index (χ2v) is 33.1. The highest BCUT2D eigenvalue weighted by Gasteiger charge is 2.54. The summed E-state index contributed by atoms with van der Waals surface area (Å²) < 4.78 is 34.6. The normalized spacial score (nSPS) is 25.3. The van der Waals surface area contributed by atoms with E-state index in [0.29, 0.717) is 6.42 Å². The maximum absolute atomic E-state index is 13.5. The van der Waals surface area contributed by atoms with Crippen molar-refractivity contribution in [2.24, 2.45) is 0 Å². The Hall–Kier alpha value is -1.73. The molecule has 0 saturated carbocycles. The average molecular weight is 1560 g/mol. The van der Waals surface area contributed by atoms with E-state index in [1.807, 2.05) is 6.08 Å². The molecule has 0 spiro atoms. The fourth-order valence-electron chi connectivity index (χ4n) is 15.9. The minimum absolute atomic E-state index is 0.249. The molecular weight excluding hydrogens is 1380 g/mol. The maximum atomic E-state index is 13.5. The first-order valence-corrected chi connectivity index (χ1v) is 46.1. The monoisotopic (exact) mass is 1550 g/mol. The molecule has 3 aliphatic heterocycles. The lowest BCUT2D eigenvalue weighted by Gasteiger charge is -2.48. The Bertz CT molecular complexity index is 2060. The predicted molar refractivity (Wildman–Crippen MR) is 439 cm³/mol. The minimum Gasteiger partial charge on any atom is -0.394 e. The van der Waals surface area contributed by atoms with Crippen LogP contribution in [0.1, 0.15) is 412 Å². The second-order valence-electron chi connectivity index (χ2n) is 33.1. The zero-order valence-corrected chi connectivity index (χ0v) is 69.6. The standard InChI is InChI=1S/C90H171NO18/c1-3-5-7-9-11-13-15-17-19-21-23-25-27-29-31-33-35-36-38-40-42-44-46-48-50-52-54-56-58-60-62-64-66-68-78(96)91-73(74(95)67-65-63-61-59-57-55-53-51-49-47-45-43-41-39-37-34-32-30-28-26-24-22-20-18-16-14-12-10-8-6-4-2)72-104-88-84(102)81(99)86(76(70-93)106-88)109-90-85(103)82(100)87(77(71-94)107-90)108-89-83(101)80(98)79(97)75(69-92)105-89/h21,23,65,67,73-77,79-90,92-95,97-103H,3-20,22,24-64,66,68-72H2,1-2H3,(H,91,96)/b23-21-,67-65+. The highest BCUT2D eigenvalue weighted by Crippen LogP contribution is 2.34. The van der Waals surface area contributed by atoms with Gasteiger partial charge in [0.1, 0.15) is 73.2 Å². The number of aliphatic hydroxyl groups excluding tert-OH is 11. The Kier molecular flexibility index (Phi) is 65.6. The highest BCUT2D eigenvalue weighted by atomic mass is 16.8. The van der Waals surface area contributed by atoms with Gasteiger partial charge in [-0.15, -0.1) is 0 Å². The van der Waals surface area contributed by atoms with Gasteiger partial charge in [0.05, 0.1) is 38.6 Å². The number of nitrogens with one attached hydrogen (secondary N) is 1. The van der Waals surface area contributed by atoms with Gasteiger partial charge in [0, 0.05) is 6.42 Å². The van der Waals surface area contributed by atoms with Crippen LogP contribution in [0, 0.1) is 0 Å². The Morgan fingerprint density at radius 2 is 0.578 bits per heavy atom. The fourth-order valence-corrected chi connectivity index (χ4v) is 15.9. The van der Waals surface area contributed by atoms with Gasteiger partial charge < -0.3 is 89.9 Å². The van der Waals surface area contributed by atoms with Gasteiger partial charge in [-0.05, 0) is 44.9 Å². The van der Waals surface area contributed by atoms with Gasteiger partial charge in [-0.2, -0.15) is 0 Å². The van der Waals surface area contributed by atoms with Crippen LogP contribution in [0.25, 0.3) is 0 Å². The van der Waals surface area contributed by atoms with Crippen LogP contribution in [0.5, 0.6) is 0 Å². The highest BCUT2D eigenvalue weighted by molar-refractivity contribution is 5.76. The van der Waals surface area contributed by atoms with E-state index in [1.54, 1.807) is 6.08 Å². The zero-order chi connectivity index (χ0) is 78.8. The lowest BCUT2D eigenvalue weighted by molar-refractivity contribution is -0.379. The molecular formula is C90H171NO18. The average Bonchev–Trinajstić information content (AvgIpc) is 0.782. The quantitative estimate of drug-likeness (QED) is 0.0199. The Morgan fingerprint density at radius 1 is 0.321 bits per heavy atom. The molecule has 0 bridgehead atoms. The number of unbranched alkanes of at least 4 members (excludes halogenated alkanes) is 58. The van der Waals surface area contributed by atoms with E-state index in [1.165, 1.54) is 340 Å². The molecule has 3 aliphatic rings. The first kappa shape index (κ1) is 101. The summed E-state index contributed by atoms with van der Waals surface area (Å²) in [4.78, 5) is 13.5. The number of hydrogen-bond donors (Lipinski definition) is 12. The first-order valence-electron chi connectivity index (χ1n) is 46.1. The van der Waals surface area contributed by atoms with E-state index in [2.05, 4.69) is 31.3 Å². The van der Waals surface area contributed by atoms with Crippen LogP contribution in [0.2, 0.25) is 0 Å². The van der Waals surface area contributed by atoms with E-state index in [4.69, 9.17) is 28.4 Å². The molecule has 0 aliphatic carbocycles. The molecule has 3 saturated heterocycles. The summed E-state index contributed by atoms with van der Waals surface area (Å²) >= 11 is 0. The summed E-state index contributed by atoms with van der Waals surface area (Å²) in [6, 6.07) is -0.973. The van der Waals surface area contributed by atoms with Crippen molar-refractivity contribution in [2.75, 3.05) is 26.4 Å². The van der Waals surface area contributed by atoms with Crippen molar-refractivity contribution >= 4 is 5.91 Å². The molecule has 3 heterocycles. The third-order valence-electron chi connectivity index (χ3n) is 23.2. The summed E-state index contributed by atoms with van der Waals surface area (Å²) in [6.07, 6.45) is 62.0. The number of hydrogen-bond acceptors (Lipinski definition) is 18. The van der Waals surface area contributed by atoms with E-state index >= 15 is 0 Å². The third kappa shape index (κ3) is 49.2. The fraction of sp³-hybridized carbons (Fsp3) is 0.944. The van der Waals surface area contributed by atoms with E-state index < -0.39 is 124 Å². The van der Waals surface area contributed by atoms with Crippen LogP contribution in [0.3, 0.4) is 0 Å². The van der Waals surface area contributed by atoms with E-state index in [9.17, 15) is 61.0 Å². The molecule has 644 valence electrons. The molecule has 0 aromatic heterocycles. The van der Waals surface area contributed by atoms with Gasteiger partial charge in [-0.25, -0.2) is 0 Å². The van der Waals surface area contributed by atoms with E-state index in [-0.39, 0.29) is 18.9 Å². The van der Waals surface area contributed by atoms with Crippen molar-refractivity contribution in [2.45, 2.75) is 516 Å². The van der Waals surface area contributed by atoms with Crippen LogP contribution in [-0.2, 0) is 33.2 Å². The van der Waals surface area contributed by atoms with Crippen molar-refractivity contribution in [3.8, 4) is 0 Å². The Morgan fingerprint density at radius 3 is 0.890 bits per heavy atom. The van der Waals surface area contributed by atoms with Crippen molar-refractivity contribution < 1.29 is 89.4 Å². The first-order chi connectivity index (χ1) is 53.3. The third-order valence-corrected chi connectivity index (χ3v) is 23.2. The molecule has 12 N–H and O–H groups in total. The van der Waals surface area contributed by atoms with Crippen LogP contribution >= 0.6 is 0 Å². The van der Waals surface area contributed by atoms with Gasteiger partial charge in [0.25, 0.3) is 0 Å². The lowest BCUT2D eigenvalue weighted by atomic mass is 9.96. The molecule has 0 radical (unpaired) electrons. The topological polar surface area (TPSA) is 307 Å². The second kappa shape index (κ2) is 70.5. The largest absolute Gasteiger partial charge is 0.394 e. The van der Waals surface area contributed by atoms with Crippen molar-refractivity contribution in [3.05, 3.63) is 24.3 Å². The molecule has 109 heavy (non-hydrogen) atoms. The molecule has 17 atom stereocenters. The van der Waals surface area contributed by atoms with E-state index in [0.717, 1.165) is 44.9 Å². The molecule has 17 unspecified atom stereocenters. The summed E-state index contributed by atoms with van der Waals surface area (Å²) in [5.41, 5.74) is 0. The number of aliphatic hydroxyl groups is 11. The van der Waals surface area contributed by atoms with Crippen LogP contribution in [0.4, 0.5) is 0 Å². The molecule has 3 rings (SSSR count). The summed E-state index contributed by atoms with van der Waals surface area (Å²) in [5, 5.41) is 121. The Balaban J connectivity index is 1.32. The Labute approximate surface area is 664 Å². The molecule has 3 fully saturated rings. The smallest absolute Gasteiger partial charge is 0.220 e. The zero-order valence-electron chi connectivity index (χ0n) is 69.6. The molecule has 0 aromatic carbocycles. The number of carbonyl (C=O) groups excluding carboxylic acids is 1. The van der Waals surface area contributed by atoms with Crippen LogP contribution < -0.4 is 5.32 Å². The predicted octanol–water partition coefficient (Wildman–Crippen LogP) is 17.6. The summed E-state index contributed by atoms with van der Waals surface area (Å²) in [5.74, 6) is -0.266. The van der Waals surface area contributed by atoms with Gasteiger partial charge in [-0.1, -0.05) is 385 Å². The van der Waals surface area contributed by atoms with Gasteiger partial charge in [-0.3, -0.25) is 4.79 Å². The van der Waals surface area contributed by atoms with Crippen molar-refractivity contribution in [1.29, 1.82) is 0 Å². The van der Waals surface area contributed by atoms with Gasteiger partial charge in [0.15, 0.2) is 18.9 Å². The number of carbonyl (C=O) groups is 1. The number of rotatable bonds is 76. The summed E-state index contributed by atoms with van der Waals surface area (Å²) in [7, 11) is 0. The van der Waals surface area contributed by atoms with Gasteiger partial charge in [0.2, 0.25) is 5.91 Å². The van der Waals surface area contributed by atoms with Crippen molar-refractivity contribution in [1.82, 2.24) is 5.32 Å². The van der Waals surface area contributed by atoms with Crippen LogP contribution in [0.15, 0.2) is 24.3 Å².